The van der Waals surface area contributed by atoms with Crippen molar-refractivity contribution in [3.8, 4) is 0 Å². The Morgan fingerprint density at radius 3 is 2.88 bits per heavy atom. The molecule has 1 saturated heterocycles. The Morgan fingerprint density at radius 1 is 1.47 bits per heavy atom. The van der Waals surface area contributed by atoms with Crippen LogP contribution in [0.3, 0.4) is 0 Å². The van der Waals surface area contributed by atoms with Crippen molar-refractivity contribution in [2.24, 2.45) is 5.11 Å². The molecular formula is C11H12N4O2. The van der Waals surface area contributed by atoms with E-state index in [-0.39, 0.29) is 6.04 Å². The SMILES string of the molecule is [N-]=[N+]=Nc1ccc(N2CCOCC2C=O)cc1. The number of anilines is 1. The quantitative estimate of drug-likeness (QED) is 0.346. The van der Waals surface area contributed by atoms with Crippen LogP contribution in [0.1, 0.15) is 0 Å². The average molecular weight is 232 g/mol. The second-order valence-corrected chi connectivity index (χ2v) is 3.68. The summed E-state index contributed by atoms with van der Waals surface area (Å²) in [5.74, 6) is 0. The summed E-state index contributed by atoms with van der Waals surface area (Å²) in [4.78, 5) is 15.6. The highest BCUT2D eigenvalue weighted by Gasteiger charge is 2.22. The van der Waals surface area contributed by atoms with Gasteiger partial charge >= 0.3 is 0 Å². The molecule has 0 spiro atoms. The molecule has 1 aliphatic heterocycles. The molecule has 1 unspecified atom stereocenters. The van der Waals surface area contributed by atoms with Crippen LogP contribution in [0, 0.1) is 0 Å². The maximum absolute atomic E-state index is 10.9. The molecule has 0 bridgehead atoms. The number of nitrogens with zero attached hydrogens (tertiary/aromatic N) is 4. The fraction of sp³-hybridized carbons (Fsp3) is 0.364. The number of hydrogen-bond donors (Lipinski definition) is 0. The first kappa shape index (κ1) is 11.4. The van der Waals surface area contributed by atoms with Crippen molar-refractivity contribution < 1.29 is 9.53 Å². The van der Waals surface area contributed by atoms with Gasteiger partial charge in [-0.3, -0.25) is 0 Å². The highest BCUT2D eigenvalue weighted by Crippen LogP contribution is 2.22. The van der Waals surface area contributed by atoms with E-state index in [1.54, 1.807) is 12.1 Å². The lowest BCUT2D eigenvalue weighted by molar-refractivity contribution is -0.111. The van der Waals surface area contributed by atoms with Gasteiger partial charge in [0.1, 0.15) is 12.3 Å². The number of rotatable bonds is 3. The van der Waals surface area contributed by atoms with E-state index in [9.17, 15) is 4.79 Å². The molecule has 6 heteroatoms. The normalized spacial score (nSPS) is 19.5. The topological polar surface area (TPSA) is 78.3 Å². The highest BCUT2D eigenvalue weighted by atomic mass is 16.5. The first-order valence-electron chi connectivity index (χ1n) is 5.30. The Bertz CT molecular complexity index is 439. The van der Waals surface area contributed by atoms with Crippen molar-refractivity contribution in [3.63, 3.8) is 0 Å². The maximum Gasteiger partial charge on any atom is 0.144 e. The molecule has 88 valence electrons. The van der Waals surface area contributed by atoms with E-state index in [1.165, 1.54) is 0 Å². The molecule has 17 heavy (non-hydrogen) atoms. The Kier molecular flexibility index (Phi) is 3.59. The van der Waals surface area contributed by atoms with E-state index in [2.05, 4.69) is 10.0 Å². The molecule has 0 saturated carbocycles. The molecule has 0 radical (unpaired) electrons. The van der Waals surface area contributed by atoms with E-state index in [0.29, 0.717) is 25.4 Å². The van der Waals surface area contributed by atoms with Gasteiger partial charge in [-0.25, -0.2) is 0 Å². The minimum atomic E-state index is -0.242. The summed E-state index contributed by atoms with van der Waals surface area (Å²) >= 11 is 0. The summed E-state index contributed by atoms with van der Waals surface area (Å²) in [7, 11) is 0. The van der Waals surface area contributed by atoms with Gasteiger partial charge in [-0.05, 0) is 17.7 Å². The van der Waals surface area contributed by atoms with E-state index in [4.69, 9.17) is 10.3 Å². The summed E-state index contributed by atoms with van der Waals surface area (Å²) in [6.07, 6.45) is 0.889. The van der Waals surface area contributed by atoms with Crippen LogP contribution in [0.2, 0.25) is 0 Å². The first-order chi connectivity index (χ1) is 8.35. The number of morpholine rings is 1. The van der Waals surface area contributed by atoms with E-state index in [0.717, 1.165) is 12.0 Å². The second kappa shape index (κ2) is 5.34. The lowest BCUT2D eigenvalue weighted by Gasteiger charge is -2.34. The van der Waals surface area contributed by atoms with Gasteiger partial charge in [-0.15, -0.1) is 0 Å². The second-order valence-electron chi connectivity index (χ2n) is 3.68. The number of aldehydes is 1. The number of carbonyl (C=O) groups is 1. The summed E-state index contributed by atoms with van der Waals surface area (Å²) in [6, 6.07) is 6.89. The Balaban J connectivity index is 2.20. The zero-order valence-electron chi connectivity index (χ0n) is 9.19. The van der Waals surface area contributed by atoms with Gasteiger partial charge in [0.15, 0.2) is 0 Å². The Morgan fingerprint density at radius 2 is 2.24 bits per heavy atom. The van der Waals surface area contributed by atoms with Gasteiger partial charge in [0.25, 0.3) is 0 Å². The number of carbonyl (C=O) groups excluding carboxylic acids is 1. The van der Waals surface area contributed by atoms with Crippen molar-refractivity contribution in [3.05, 3.63) is 34.7 Å². The molecule has 1 atom stereocenters. The molecule has 0 aromatic heterocycles. The van der Waals surface area contributed by atoms with E-state index >= 15 is 0 Å². The van der Waals surface area contributed by atoms with Gasteiger partial charge in [-0.1, -0.05) is 17.2 Å². The molecule has 1 aromatic carbocycles. The number of benzene rings is 1. The fourth-order valence-corrected chi connectivity index (χ4v) is 1.82. The third-order valence-corrected chi connectivity index (χ3v) is 2.66. The largest absolute Gasteiger partial charge is 0.377 e. The van der Waals surface area contributed by atoms with Crippen LogP contribution < -0.4 is 4.90 Å². The van der Waals surface area contributed by atoms with Crippen LogP contribution in [0.4, 0.5) is 11.4 Å². The molecular weight excluding hydrogens is 220 g/mol. The van der Waals surface area contributed by atoms with Crippen LogP contribution in [-0.4, -0.2) is 32.1 Å². The zero-order chi connectivity index (χ0) is 12.1. The third-order valence-electron chi connectivity index (χ3n) is 2.66. The molecule has 1 aliphatic rings. The van der Waals surface area contributed by atoms with Gasteiger partial charge < -0.3 is 14.4 Å². The van der Waals surface area contributed by atoms with Crippen LogP contribution in [0.15, 0.2) is 29.4 Å². The van der Waals surface area contributed by atoms with Crippen molar-refractivity contribution in [1.82, 2.24) is 0 Å². The molecule has 1 heterocycles. The lowest BCUT2D eigenvalue weighted by Crippen LogP contribution is -2.46. The molecule has 0 aliphatic carbocycles. The summed E-state index contributed by atoms with van der Waals surface area (Å²) in [5, 5.41) is 3.50. The van der Waals surface area contributed by atoms with Gasteiger partial charge in [0.2, 0.25) is 0 Å². The third kappa shape index (κ3) is 2.55. The standard InChI is InChI=1S/C11H12N4O2/c12-14-13-9-1-3-10(4-2-9)15-5-6-17-8-11(15)7-16/h1-4,7,11H,5-6,8H2. The van der Waals surface area contributed by atoms with Crippen molar-refractivity contribution in [1.29, 1.82) is 0 Å². The number of ether oxygens (including phenoxy) is 1. The van der Waals surface area contributed by atoms with E-state index < -0.39 is 0 Å². The fourth-order valence-electron chi connectivity index (χ4n) is 1.82. The van der Waals surface area contributed by atoms with Gasteiger partial charge in [-0.2, -0.15) is 0 Å². The molecule has 0 N–H and O–H groups in total. The summed E-state index contributed by atoms with van der Waals surface area (Å²) < 4.78 is 5.25. The molecule has 1 aromatic rings. The van der Waals surface area contributed by atoms with Crippen LogP contribution >= 0.6 is 0 Å². The average Bonchev–Trinajstić information content (AvgIpc) is 2.40. The van der Waals surface area contributed by atoms with Crippen molar-refractivity contribution >= 4 is 17.7 Å². The maximum atomic E-state index is 10.9. The monoisotopic (exact) mass is 232 g/mol. The Hall–Kier alpha value is -2.04. The van der Waals surface area contributed by atoms with Crippen LogP contribution in [0.5, 0.6) is 0 Å². The predicted octanol–water partition coefficient (Wildman–Crippen LogP) is 2.03. The van der Waals surface area contributed by atoms with Gasteiger partial charge in [0.05, 0.1) is 13.2 Å². The number of hydrogen-bond acceptors (Lipinski definition) is 4. The summed E-state index contributed by atoms with van der Waals surface area (Å²) in [6.45, 7) is 1.72. The zero-order valence-corrected chi connectivity index (χ0v) is 9.19. The van der Waals surface area contributed by atoms with Crippen LogP contribution in [-0.2, 0) is 9.53 Å². The lowest BCUT2D eigenvalue weighted by atomic mass is 10.2. The highest BCUT2D eigenvalue weighted by molar-refractivity contribution is 5.67. The smallest absolute Gasteiger partial charge is 0.144 e. The minimum Gasteiger partial charge on any atom is -0.377 e. The van der Waals surface area contributed by atoms with E-state index in [1.807, 2.05) is 17.0 Å². The predicted molar refractivity (Wildman–Crippen MR) is 63.3 cm³/mol. The molecule has 6 nitrogen and oxygen atoms in total. The molecule has 2 rings (SSSR count). The molecule has 0 amide bonds. The molecule has 1 fully saturated rings. The van der Waals surface area contributed by atoms with Crippen molar-refractivity contribution in [2.45, 2.75) is 6.04 Å². The van der Waals surface area contributed by atoms with Gasteiger partial charge in [0, 0.05) is 22.8 Å². The Labute approximate surface area is 98.4 Å². The van der Waals surface area contributed by atoms with Crippen LogP contribution in [0.25, 0.3) is 10.4 Å². The summed E-state index contributed by atoms with van der Waals surface area (Å²) in [5.41, 5.74) is 9.80. The first-order valence-corrected chi connectivity index (χ1v) is 5.30. The van der Waals surface area contributed by atoms with Crippen molar-refractivity contribution in [2.75, 3.05) is 24.7 Å². The number of azide groups is 1. The minimum absolute atomic E-state index is 0.242.